The summed E-state index contributed by atoms with van der Waals surface area (Å²) in [6.45, 7) is 8.33. The number of amides is 1. The lowest BCUT2D eigenvalue weighted by Gasteiger charge is -2.28. The fraction of sp³-hybridized carbons (Fsp3) is 0.421. The zero-order valence-electron chi connectivity index (χ0n) is 15.3. The quantitative estimate of drug-likeness (QED) is 0.802. The molecular weight excluding hydrogens is 355 g/mol. The van der Waals surface area contributed by atoms with Crippen molar-refractivity contribution in [2.75, 3.05) is 0 Å². The van der Waals surface area contributed by atoms with Crippen molar-refractivity contribution in [1.29, 1.82) is 5.26 Å². The molecule has 0 unspecified atom stereocenters. The minimum atomic E-state index is -1.08. The molecule has 0 spiro atoms. The normalized spacial score (nSPS) is 14.5. The SMILES string of the molecule is Cc1c(C(=O)O[C@@H](C)C(=O)N[C@](C)(C#N)C(C)C)sc2cccc(F)c12. The van der Waals surface area contributed by atoms with E-state index in [0.717, 1.165) is 11.3 Å². The van der Waals surface area contributed by atoms with Gasteiger partial charge >= 0.3 is 5.97 Å². The van der Waals surface area contributed by atoms with Crippen molar-refractivity contribution in [2.45, 2.75) is 46.3 Å². The molecule has 0 aliphatic rings. The molecule has 138 valence electrons. The largest absolute Gasteiger partial charge is 0.448 e. The lowest BCUT2D eigenvalue weighted by molar-refractivity contribution is -0.130. The predicted molar refractivity (Wildman–Crippen MR) is 98.4 cm³/mol. The van der Waals surface area contributed by atoms with E-state index in [1.807, 2.05) is 13.8 Å². The van der Waals surface area contributed by atoms with Crippen molar-refractivity contribution >= 4 is 33.3 Å². The number of carbonyl (C=O) groups excluding carboxylic acids is 2. The third-order valence-electron chi connectivity index (χ3n) is 4.51. The fourth-order valence-corrected chi connectivity index (χ4v) is 3.48. The van der Waals surface area contributed by atoms with Crippen LogP contribution in [0.4, 0.5) is 4.39 Å². The maximum atomic E-state index is 14.0. The van der Waals surface area contributed by atoms with Crippen molar-refractivity contribution in [2.24, 2.45) is 5.92 Å². The van der Waals surface area contributed by atoms with Crippen LogP contribution in [-0.4, -0.2) is 23.5 Å². The van der Waals surface area contributed by atoms with Crippen molar-refractivity contribution < 1.29 is 18.7 Å². The molecule has 0 fully saturated rings. The fourth-order valence-electron chi connectivity index (χ4n) is 2.37. The summed E-state index contributed by atoms with van der Waals surface area (Å²) in [4.78, 5) is 25.0. The Balaban J connectivity index is 2.17. The third-order valence-corrected chi connectivity index (χ3v) is 5.75. The third kappa shape index (κ3) is 3.70. The minimum Gasteiger partial charge on any atom is -0.448 e. The number of ether oxygens (including phenoxy) is 1. The molecule has 1 amide bonds. The maximum Gasteiger partial charge on any atom is 0.349 e. The summed E-state index contributed by atoms with van der Waals surface area (Å²) in [6, 6.07) is 6.71. The van der Waals surface area contributed by atoms with Crippen LogP contribution in [0.5, 0.6) is 0 Å². The molecule has 0 bridgehead atoms. The van der Waals surface area contributed by atoms with Gasteiger partial charge < -0.3 is 10.1 Å². The second-order valence-electron chi connectivity index (χ2n) is 6.67. The first-order chi connectivity index (χ1) is 12.1. The maximum absolute atomic E-state index is 14.0. The number of hydrogen-bond donors (Lipinski definition) is 1. The molecule has 5 nitrogen and oxygen atoms in total. The summed E-state index contributed by atoms with van der Waals surface area (Å²) < 4.78 is 19.9. The van der Waals surface area contributed by atoms with Gasteiger partial charge in [-0.3, -0.25) is 4.79 Å². The Hall–Kier alpha value is -2.46. The Morgan fingerprint density at radius 1 is 1.35 bits per heavy atom. The molecule has 26 heavy (non-hydrogen) atoms. The minimum absolute atomic E-state index is 0.118. The highest BCUT2D eigenvalue weighted by Gasteiger charge is 2.33. The lowest BCUT2D eigenvalue weighted by atomic mass is 9.90. The van der Waals surface area contributed by atoms with Gasteiger partial charge in [0.15, 0.2) is 6.10 Å². The zero-order valence-corrected chi connectivity index (χ0v) is 16.2. The van der Waals surface area contributed by atoms with Crippen LogP contribution in [0.1, 0.15) is 42.9 Å². The molecule has 1 heterocycles. The van der Waals surface area contributed by atoms with Gasteiger partial charge in [-0.25, -0.2) is 9.18 Å². The number of hydrogen-bond acceptors (Lipinski definition) is 5. The van der Waals surface area contributed by atoms with Crippen molar-refractivity contribution in [3.63, 3.8) is 0 Å². The molecule has 0 radical (unpaired) electrons. The van der Waals surface area contributed by atoms with Crippen LogP contribution in [-0.2, 0) is 9.53 Å². The Morgan fingerprint density at radius 3 is 2.54 bits per heavy atom. The molecule has 2 aromatic rings. The van der Waals surface area contributed by atoms with E-state index in [1.54, 1.807) is 26.0 Å². The van der Waals surface area contributed by atoms with Gasteiger partial charge in [0, 0.05) is 10.1 Å². The second-order valence-corrected chi connectivity index (χ2v) is 7.73. The van der Waals surface area contributed by atoms with E-state index in [2.05, 4.69) is 11.4 Å². The molecule has 1 N–H and O–H groups in total. The summed E-state index contributed by atoms with van der Waals surface area (Å²) >= 11 is 1.12. The van der Waals surface area contributed by atoms with Crippen molar-refractivity contribution in [1.82, 2.24) is 5.32 Å². The molecule has 7 heteroatoms. The molecule has 0 aliphatic heterocycles. The highest BCUT2D eigenvalue weighted by molar-refractivity contribution is 7.21. The van der Waals surface area contributed by atoms with Crippen LogP contribution in [0, 0.1) is 30.0 Å². The topological polar surface area (TPSA) is 79.2 Å². The Bertz CT molecular complexity index is 900. The van der Waals surface area contributed by atoms with Crippen LogP contribution in [0.3, 0.4) is 0 Å². The number of halogens is 1. The van der Waals surface area contributed by atoms with Gasteiger partial charge in [-0.2, -0.15) is 5.26 Å². The van der Waals surface area contributed by atoms with E-state index in [0.29, 0.717) is 15.6 Å². The first-order valence-corrected chi connectivity index (χ1v) is 9.04. The van der Waals surface area contributed by atoms with E-state index in [4.69, 9.17) is 4.74 Å². The van der Waals surface area contributed by atoms with Gasteiger partial charge in [0.25, 0.3) is 5.91 Å². The number of fused-ring (bicyclic) bond motifs is 1. The molecular formula is C19H21FN2O3S. The van der Waals surface area contributed by atoms with Crippen molar-refractivity contribution in [3.05, 3.63) is 34.5 Å². The molecule has 2 rings (SSSR count). The second kappa shape index (κ2) is 7.42. The number of esters is 1. The number of aryl methyl sites for hydroxylation is 1. The highest BCUT2D eigenvalue weighted by atomic mass is 32.1. The van der Waals surface area contributed by atoms with E-state index in [1.165, 1.54) is 13.0 Å². The Labute approximate surface area is 155 Å². The van der Waals surface area contributed by atoms with Crippen LogP contribution in [0.25, 0.3) is 10.1 Å². The molecule has 0 saturated heterocycles. The number of nitriles is 1. The monoisotopic (exact) mass is 376 g/mol. The molecule has 0 aliphatic carbocycles. The van der Waals surface area contributed by atoms with Crippen molar-refractivity contribution in [3.8, 4) is 6.07 Å². The van der Waals surface area contributed by atoms with Gasteiger partial charge in [-0.15, -0.1) is 11.3 Å². The summed E-state index contributed by atoms with van der Waals surface area (Å²) in [5.41, 5.74) is -0.571. The van der Waals surface area contributed by atoms with Gasteiger partial charge in [0.05, 0.1) is 6.07 Å². The van der Waals surface area contributed by atoms with Crippen LogP contribution >= 0.6 is 11.3 Å². The molecule has 0 saturated carbocycles. The lowest BCUT2D eigenvalue weighted by Crippen LogP contribution is -2.52. The van der Waals surface area contributed by atoms with Crippen LogP contribution in [0.15, 0.2) is 18.2 Å². The summed E-state index contributed by atoms with van der Waals surface area (Å²) in [6.07, 6.45) is -1.08. The van der Waals surface area contributed by atoms with Gasteiger partial charge in [-0.05, 0) is 44.4 Å². The van der Waals surface area contributed by atoms with E-state index < -0.39 is 29.3 Å². The number of rotatable bonds is 5. The zero-order chi connectivity index (χ0) is 19.6. The number of nitrogens with zero attached hydrogens (tertiary/aromatic N) is 1. The number of benzene rings is 1. The van der Waals surface area contributed by atoms with Gasteiger partial charge in [0.1, 0.15) is 16.2 Å². The number of nitrogens with one attached hydrogen (secondary N) is 1. The molecule has 1 aromatic heterocycles. The highest BCUT2D eigenvalue weighted by Crippen LogP contribution is 2.33. The average Bonchev–Trinajstić information content (AvgIpc) is 2.92. The van der Waals surface area contributed by atoms with E-state index in [9.17, 15) is 19.2 Å². The van der Waals surface area contributed by atoms with Crippen LogP contribution < -0.4 is 5.32 Å². The summed E-state index contributed by atoms with van der Waals surface area (Å²) in [7, 11) is 0. The molecule has 1 aromatic carbocycles. The molecule has 2 atom stereocenters. The van der Waals surface area contributed by atoms with Gasteiger partial charge in [0.2, 0.25) is 0 Å². The average molecular weight is 376 g/mol. The standard InChI is InChI=1S/C19H21FN2O3S/c1-10(2)19(5,9-21)22-17(23)12(4)25-18(24)16-11(3)15-13(20)7-6-8-14(15)26-16/h6-8,10,12H,1-5H3,(H,22,23)/t12-,19+/m0/s1. The Kier molecular flexibility index (Phi) is 5.67. The number of carbonyl (C=O) groups is 2. The smallest absolute Gasteiger partial charge is 0.349 e. The van der Waals surface area contributed by atoms with E-state index in [-0.39, 0.29) is 10.8 Å². The van der Waals surface area contributed by atoms with Gasteiger partial charge in [-0.1, -0.05) is 19.9 Å². The summed E-state index contributed by atoms with van der Waals surface area (Å²) in [5, 5.41) is 12.3. The van der Waals surface area contributed by atoms with E-state index >= 15 is 0 Å². The first kappa shape index (κ1) is 19.9. The summed E-state index contributed by atoms with van der Waals surface area (Å²) in [5.74, 6) is -1.76. The number of thiophene rings is 1. The van der Waals surface area contributed by atoms with Crippen LogP contribution in [0.2, 0.25) is 0 Å². The predicted octanol–water partition coefficient (Wildman–Crippen LogP) is 3.95. The first-order valence-electron chi connectivity index (χ1n) is 8.22. The Morgan fingerprint density at radius 2 is 2.00 bits per heavy atom.